The van der Waals surface area contributed by atoms with Gasteiger partial charge < -0.3 is 15.2 Å². The summed E-state index contributed by atoms with van der Waals surface area (Å²) in [6.45, 7) is 2.19. The minimum Gasteiger partial charge on any atom is -0.460 e. The van der Waals surface area contributed by atoms with E-state index >= 15 is 0 Å². The molecule has 0 aliphatic rings. The molecule has 0 aliphatic heterocycles. The molecule has 88 valence electrons. The predicted octanol–water partition coefficient (Wildman–Crippen LogP) is 1.39. The summed E-state index contributed by atoms with van der Waals surface area (Å²) in [4.78, 5) is 11.5. The van der Waals surface area contributed by atoms with Crippen molar-refractivity contribution in [1.82, 2.24) is 0 Å². The molecule has 0 bridgehead atoms. The van der Waals surface area contributed by atoms with E-state index in [0.29, 0.717) is 12.3 Å². The van der Waals surface area contributed by atoms with Gasteiger partial charge in [0.2, 0.25) is 0 Å². The maximum absolute atomic E-state index is 11.5. The van der Waals surface area contributed by atoms with Gasteiger partial charge in [-0.15, -0.1) is 0 Å². The Bertz CT molecular complexity index is 352. The number of methoxy groups -OCH3 is 1. The van der Waals surface area contributed by atoms with Crippen LogP contribution < -0.4 is 5.73 Å². The fourth-order valence-corrected chi connectivity index (χ4v) is 1.39. The highest BCUT2D eigenvalue weighted by atomic mass is 16.6. The molecule has 1 aromatic carbocycles. The van der Waals surface area contributed by atoms with Gasteiger partial charge in [-0.3, -0.25) is 4.79 Å². The molecule has 0 fully saturated rings. The van der Waals surface area contributed by atoms with E-state index in [1.165, 1.54) is 0 Å². The number of nitrogen functional groups attached to an aromatic ring is 1. The number of rotatable bonds is 5. The first-order chi connectivity index (χ1) is 7.63. The van der Waals surface area contributed by atoms with Crippen LogP contribution in [0.15, 0.2) is 24.3 Å². The second-order valence-electron chi connectivity index (χ2n) is 3.63. The number of para-hydroxylation sites is 1. The molecular weight excluding hydrogens is 206 g/mol. The van der Waals surface area contributed by atoms with Gasteiger partial charge in [0.1, 0.15) is 6.10 Å². The Hall–Kier alpha value is -1.55. The van der Waals surface area contributed by atoms with Crippen molar-refractivity contribution >= 4 is 11.7 Å². The number of hydrogen-bond donors (Lipinski definition) is 1. The molecule has 1 atom stereocenters. The summed E-state index contributed by atoms with van der Waals surface area (Å²) in [5, 5.41) is 0. The van der Waals surface area contributed by atoms with E-state index in [9.17, 15) is 4.79 Å². The smallest absolute Gasteiger partial charge is 0.310 e. The van der Waals surface area contributed by atoms with Gasteiger partial charge in [-0.05, 0) is 18.6 Å². The highest BCUT2D eigenvalue weighted by molar-refractivity contribution is 5.74. The zero-order chi connectivity index (χ0) is 12.0. The first-order valence-corrected chi connectivity index (χ1v) is 5.15. The van der Waals surface area contributed by atoms with Crippen LogP contribution in [0.1, 0.15) is 12.5 Å². The minimum atomic E-state index is -0.289. The molecule has 0 amide bonds. The Morgan fingerprint density at radius 1 is 1.44 bits per heavy atom. The summed E-state index contributed by atoms with van der Waals surface area (Å²) in [5.74, 6) is -0.289. The first kappa shape index (κ1) is 12.5. The van der Waals surface area contributed by atoms with Crippen molar-refractivity contribution in [3.63, 3.8) is 0 Å². The van der Waals surface area contributed by atoms with Crippen LogP contribution in [0.3, 0.4) is 0 Å². The zero-order valence-corrected chi connectivity index (χ0v) is 9.60. The van der Waals surface area contributed by atoms with Crippen molar-refractivity contribution < 1.29 is 14.3 Å². The summed E-state index contributed by atoms with van der Waals surface area (Å²) in [5.41, 5.74) is 7.12. The van der Waals surface area contributed by atoms with Crippen molar-refractivity contribution in [2.75, 3.05) is 19.5 Å². The molecule has 1 aromatic rings. The van der Waals surface area contributed by atoms with Gasteiger partial charge in [-0.2, -0.15) is 0 Å². The average Bonchev–Trinajstić information content (AvgIpc) is 2.21. The highest BCUT2D eigenvalue weighted by Gasteiger charge is 2.11. The van der Waals surface area contributed by atoms with E-state index in [1.54, 1.807) is 20.1 Å². The number of ether oxygens (including phenoxy) is 2. The molecule has 1 rings (SSSR count). The van der Waals surface area contributed by atoms with Gasteiger partial charge in [0, 0.05) is 12.8 Å². The number of carbonyl (C=O) groups excluding carboxylic acids is 1. The Labute approximate surface area is 95.3 Å². The molecule has 0 radical (unpaired) electrons. The summed E-state index contributed by atoms with van der Waals surface area (Å²) in [6, 6.07) is 7.26. The molecule has 0 aromatic heterocycles. The van der Waals surface area contributed by atoms with E-state index in [4.69, 9.17) is 15.2 Å². The summed E-state index contributed by atoms with van der Waals surface area (Å²) < 4.78 is 10.0. The Morgan fingerprint density at radius 2 is 2.12 bits per heavy atom. The SMILES string of the molecule is COCC(C)OC(=O)Cc1ccccc1N. The number of nitrogens with two attached hydrogens (primary N) is 1. The lowest BCUT2D eigenvalue weighted by atomic mass is 10.1. The molecular formula is C12H17NO3. The fraction of sp³-hybridized carbons (Fsp3) is 0.417. The molecule has 1 unspecified atom stereocenters. The molecule has 2 N–H and O–H groups in total. The molecule has 0 spiro atoms. The van der Waals surface area contributed by atoms with Crippen LogP contribution in [0.5, 0.6) is 0 Å². The third-order valence-corrected chi connectivity index (χ3v) is 2.12. The van der Waals surface area contributed by atoms with E-state index in [1.807, 2.05) is 18.2 Å². The van der Waals surface area contributed by atoms with E-state index in [0.717, 1.165) is 5.56 Å². The normalized spacial score (nSPS) is 12.1. The second kappa shape index (κ2) is 6.12. The van der Waals surface area contributed by atoms with Gasteiger partial charge in [-0.25, -0.2) is 0 Å². The van der Waals surface area contributed by atoms with Crippen LogP contribution in [0.4, 0.5) is 5.69 Å². The molecule has 0 heterocycles. The third kappa shape index (κ3) is 3.90. The van der Waals surface area contributed by atoms with E-state index in [2.05, 4.69) is 0 Å². The molecule has 0 saturated carbocycles. The van der Waals surface area contributed by atoms with Crippen LogP contribution in [0, 0.1) is 0 Å². The lowest BCUT2D eigenvalue weighted by Crippen LogP contribution is -2.21. The van der Waals surface area contributed by atoms with Gasteiger partial charge >= 0.3 is 5.97 Å². The number of carbonyl (C=O) groups is 1. The maximum Gasteiger partial charge on any atom is 0.310 e. The quantitative estimate of drug-likeness (QED) is 0.605. The minimum absolute atomic E-state index is 0.195. The van der Waals surface area contributed by atoms with Crippen LogP contribution in [0.2, 0.25) is 0 Å². The Balaban J connectivity index is 2.49. The fourth-order valence-electron chi connectivity index (χ4n) is 1.39. The first-order valence-electron chi connectivity index (χ1n) is 5.15. The van der Waals surface area contributed by atoms with Crippen molar-refractivity contribution in [2.45, 2.75) is 19.4 Å². The number of hydrogen-bond acceptors (Lipinski definition) is 4. The van der Waals surface area contributed by atoms with Crippen molar-refractivity contribution in [3.8, 4) is 0 Å². The number of anilines is 1. The van der Waals surface area contributed by atoms with Crippen molar-refractivity contribution in [2.24, 2.45) is 0 Å². The third-order valence-electron chi connectivity index (χ3n) is 2.12. The largest absolute Gasteiger partial charge is 0.460 e. The topological polar surface area (TPSA) is 61.5 Å². The van der Waals surface area contributed by atoms with Crippen LogP contribution >= 0.6 is 0 Å². The monoisotopic (exact) mass is 223 g/mol. The number of benzene rings is 1. The van der Waals surface area contributed by atoms with Gasteiger partial charge in [-0.1, -0.05) is 18.2 Å². The molecule has 0 saturated heterocycles. The standard InChI is InChI=1S/C12H17NO3/c1-9(8-15-2)16-12(14)7-10-5-3-4-6-11(10)13/h3-6,9H,7-8,13H2,1-2H3. The highest BCUT2D eigenvalue weighted by Crippen LogP contribution is 2.12. The Morgan fingerprint density at radius 3 is 2.75 bits per heavy atom. The van der Waals surface area contributed by atoms with Crippen LogP contribution in [-0.2, 0) is 20.7 Å². The van der Waals surface area contributed by atoms with Gasteiger partial charge in [0.05, 0.1) is 13.0 Å². The van der Waals surface area contributed by atoms with Gasteiger partial charge in [0.15, 0.2) is 0 Å². The lowest BCUT2D eigenvalue weighted by molar-refractivity contribution is -0.149. The molecule has 4 heteroatoms. The Kier molecular flexibility index (Phi) is 4.79. The van der Waals surface area contributed by atoms with Crippen molar-refractivity contribution in [3.05, 3.63) is 29.8 Å². The molecule has 4 nitrogen and oxygen atoms in total. The van der Waals surface area contributed by atoms with Gasteiger partial charge in [0.25, 0.3) is 0 Å². The summed E-state index contributed by atoms with van der Waals surface area (Å²) in [6.07, 6.45) is -0.0387. The maximum atomic E-state index is 11.5. The number of esters is 1. The van der Waals surface area contributed by atoms with Crippen molar-refractivity contribution in [1.29, 1.82) is 0 Å². The zero-order valence-electron chi connectivity index (χ0n) is 9.60. The van der Waals surface area contributed by atoms with Crippen LogP contribution in [-0.4, -0.2) is 25.8 Å². The molecule has 16 heavy (non-hydrogen) atoms. The van der Waals surface area contributed by atoms with E-state index < -0.39 is 0 Å². The molecule has 0 aliphatic carbocycles. The summed E-state index contributed by atoms with van der Waals surface area (Å²) in [7, 11) is 1.57. The van der Waals surface area contributed by atoms with E-state index in [-0.39, 0.29) is 18.5 Å². The lowest BCUT2D eigenvalue weighted by Gasteiger charge is -2.12. The average molecular weight is 223 g/mol. The van der Waals surface area contributed by atoms with Crippen LogP contribution in [0.25, 0.3) is 0 Å². The summed E-state index contributed by atoms with van der Waals surface area (Å²) >= 11 is 0. The second-order valence-corrected chi connectivity index (χ2v) is 3.63. The predicted molar refractivity (Wildman–Crippen MR) is 62.0 cm³/mol.